The first-order valence-corrected chi connectivity index (χ1v) is 14.3. The van der Waals surface area contributed by atoms with Crippen molar-refractivity contribution in [2.75, 3.05) is 0 Å². The molecular formula is C31H34F2N4O3. The number of guanidine groups is 1. The number of carbonyl (C=O) groups excluding carboxylic acids is 2. The van der Waals surface area contributed by atoms with Crippen LogP contribution in [0.15, 0.2) is 41.4 Å². The summed E-state index contributed by atoms with van der Waals surface area (Å²) in [5.74, 6) is -1.86. The number of alkyl halides is 2. The predicted molar refractivity (Wildman–Crippen MR) is 145 cm³/mol. The van der Waals surface area contributed by atoms with E-state index in [1.54, 1.807) is 0 Å². The van der Waals surface area contributed by atoms with Gasteiger partial charge in [-0.25, -0.2) is 13.8 Å². The highest BCUT2D eigenvalue weighted by Gasteiger charge is 2.46. The molecule has 4 aliphatic heterocycles. The number of nitrogens with zero attached hydrogens (tertiary/aromatic N) is 2. The van der Waals surface area contributed by atoms with Gasteiger partial charge in [0.1, 0.15) is 11.4 Å². The van der Waals surface area contributed by atoms with E-state index in [1.165, 1.54) is 28.7 Å². The number of nitrogens with one attached hydrogen (secondary N) is 1. The van der Waals surface area contributed by atoms with Crippen molar-refractivity contribution in [3.05, 3.63) is 64.2 Å². The van der Waals surface area contributed by atoms with Gasteiger partial charge in [-0.1, -0.05) is 12.1 Å². The summed E-state index contributed by atoms with van der Waals surface area (Å²) >= 11 is 0. The maximum Gasteiger partial charge on any atom is 0.273 e. The van der Waals surface area contributed by atoms with Gasteiger partial charge in [-0.05, 0) is 86.8 Å². The maximum absolute atomic E-state index is 15.1. The lowest BCUT2D eigenvalue weighted by Gasteiger charge is -2.40. The molecule has 2 aromatic rings. The Morgan fingerprint density at radius 1 is 1.07 bits per heavy atom. The minimum Gasteiger partial charge on any atom is -0.487 e. The molecule has 3 N–H and O–H groups in total. The van der Waals surface area contributed by atoms with Crippen LogP contribution in [0.25, 0.3) is 0 Å². The molecule has 7 nitrogen and oxygen atoms in total. The van der Waals surface area contributed by atoms with Crippen molar-refractivity contribution in [3.8, 4) is 5.75 Å². The molecule has 1 fully saturated rings. The molecule has 4 heterocycles. The van der Waals surface area contributed by atoms with Crippen LogP contribution in [0.1, 0.15) is 109 Å². The van der Waals surface area contributed by atoms with Gasteiger partial charge in [-0.3, -0.25) is 14.5 Å². The third kappa shape index (κ3) is 4.25. The monoisotopic (exact) mass is 548 g/mol. The third-order valence-electron chi connectivity index (χ3n) is 9.37. The molecule has 2 aromatic carbocycles. The molecule has 0 spiro atoms. The Hall–Kier alpha value is -3.49. The highest BCUT2D eigenvalue weighted by atomic mass is 19.3. The number of nitrogens with two attached hydrogens (primary N) is 1. The zero-order chi connectivity index (χ0) is 28.0. The van der Waals surface area contributed by atoms with E-state index in [9.17, 15) is 9.59 Å². The molecule has 2 aliphatic carbocycles. The quantitative estimate of drug-likeness (QED) is 0.457. The van der Waals surface area contributed by atoms with E-state index in [-0.39, 0.29) is 59.4 Å². The van der Waals surface area contributed by atoms with E-state index in [0.717, 1.165) is 30.6 Å². The Bertz CT molecular complexity index is 1450. The van der Waals surface area contributed by atoms with Crippen LogP contribution in [0.3, 0.4) is 0 Å². The van der Waals surface area contributed by atoms with Gasteiger partial charge in [0.2, 0.25) is 5.91 Å². The van der Waals surface area contributed by atoms with Crippen LogP contribution < -0.4 is 15.8 Å². The van der Waals surface area contributed by atoms with Crippen molar-refractivity contribution in [1.29, 1.82) is 0 Å². The first-order chi connectivity index (χ1) is 19.0. The molecule has 6 bridgehead atoms. The van der Waals surface area contributed by atoms with Crippen LogP contribution in [0, 0.1) is 5.92 Å². The summed E-state index contributed by atoms with van der Waals surface area (Å²) in [6.07, 6.45) is 3.16. The van der Waals surface area contributed by atoms with Crippen molar-refractivity contribution in [2.45, 2.75) is 94.4 Å². The van der Waals surface area contributed by atoms with Gasteiger partial charge in [-0.15, -0.1) is 0 Å². The van der Waals surface area contributed by atoms with E-state index >= 15 is 8.78 Å². The number of halogens is 2. The second-order valence-electron chi connectivity index (χ2n) is 12.7. The summed E-state index contributed by atoms with van der Waals surface area (Å²) < 4.78 is 36.4. The first kappa shape index (κ1) is 25.5. The number of fused-ring (bicyclic) bond motifs is 3. The highest BCUT2D eigenvalue weighted by molar-refractivity contribution is 5.99. The Kier molecular flexibility index (Phi) is 5.57. The number of hydrogen-bond donors (Lipinski definition) is 2. The van der Waals surface area contributed by atoms with E-state index in [4.69, 9.17) is 10.5 Å². The lowest BCUT2D eigenvalue weighted by Crippen LogP contribution is -2.50. The molecule has 0 aromatic heterocycles. The average molecular weight is 549 g/mol. The van der Waals surface area contributed by atoms with Crippen molar-refractivity contribution >= 4 is 17.8 Å². The fourth-order valence-electron chi connectivity index (χ4n) is 7.27. The molecule has 4 unspecified atom stereocenters. The lowest BCUT2D eigenvalue weighted by molar-refractivity contribution is -0.131. The van der Waals surface area contributed by atoms with Gasteiger partial charge in [-0.2, -0.15) is 0 Å². The van der Waals surface area contributed by atoms with Crippen LogP contribution in [0.2, 0.25) is 0 Å². The van der Waals surface area contributed by atoms with Gasteiger partial charge in [0, 0.05) is 36.0 Å². The minimum absolute atomic E-state index is 0.0335. The highest BCUT2D eigenvalue weighted by Crippen LogP contribution is 2.53. The summed E-state index contributed by atoms with van der Waals surface area (Å²) in [5, 5.41) is 3.17. The molecule has 5 atom stereocenters. The van der Waals surface area contributed by atoms with Crippen LogP contribution in [0.5, 0.6) is 5.75 Å². The predicted octanol–water partition coefficient (Wildman–Crippen LogP) is 5.46. The molecule has 210 valence electrons. The van der Waals surface area contributed by atoms with Gasteiger partial charge in [0.15, 0.2) is 5.96 Å². The number of aliphatic imine (C=N–C) groups is 1. The van der Waals surface area contributed by atoms with Crippen LogP contribution in [-0.4, -0.2) is 34.3 Å². The molecule has 9 heteroatoms. The Morgan fingerprint density at radius 3 is 2.70 bits per heavy atom. The van der Waals surface area contributed by atoms with E-state index < -0.39 is 24.0 Å². The molecule has 6 aliphatic rings. The topological polar surface area (TPSA) is 97.0 Å². The molecule has 1 saturated carbocycles. The largest absolute Gasteiger partial charge is 0.487 e. The summed E-state index contributed by atoms with van der Waals surface area (Å²) in [5.41, 5.74) is 8.39. The van der Waals surface area contributed by atoms with Crippen LogP contribution >= 0.6 is 0 Å². The fourth-order valence-corrected chi connectivity index (χ4v) is 7.27. The molecule has 0 radical (unpaired) electrons. The molecular weight excluding hydrogens is 514 g/mol. The number of hydrogen-bond acceptors (Lipinski definition) is 5. The maximum atomic E-state index is 15.1. The Morgan fingerprint density at radius 2 is 1.90 bits per heavy atom. The lowest BCUT2D eigenvalue weighted by atomic mass is 9.82. The molecule has 8 rings (SSSR count). The Balaban J connectivity index is 1.33. The third-order valence-corrected chi connectivity index (χ3v) is 9.37. The smallest absolute Gasteiger partial charge is 0.273 e. The molecule has 2 amide bonds. The number of amides is 2. The summed E-state index contributed by atoms with van der Waals surface area (Å²) in [6.45, 7) is 3.99. The summed E-state index contributed by atoms with van der Waals surface area (Å²) in [6, 6.07) is 9.36. The zero-order valence-electron chi connectivity index (χ0n) is 22.8. The van der Waals surface area contributed by atoms with Crippen LogP contribution in [0.4, 0.5) is 8.78 Å². The van der Waals surface area contributed by atoms with Crippen molar-refractivity contribution in [2.24, 2.45) is 16.6 Å². The van der Waals surface area contributed by atoms with Crippen molar-refractivity contribution in [3.63, 3.8) is 0 Å². The van der Waals surface area contributed by atoms with Crippen LogP contribution in [-0.2, 0) is 10.7 Å². The second-order valence-corrected chi connectivity index (χ2v) is 12.7. The number of ether oxygens (including phenoxy) is 1. The minimum atomic E-state index is -3.06. The Labute approximate surface area is 232 Å². The van der Waals surface area contributed by atoms with Gasteiger partial charge < -0.3 is 15.8 Å². The van der Waals surface area contributed by atoms with E-state index in [0.29, 0.717) is 18.3 Å². The number of carbonyl (C=O) groups is 2. The molecule has 0 saturated heterocycles. The standard InChI is InChI=1S/C31H34F2N4O3/c1-30(2)15-24-22-12-17(5-8-26(22)40-30)20-11-16(20)3-6-19-14-27(38)37(29(34)35-19)25-9-10-31(32,33)23-7-4-18(13-21(23)25)28(39)36-24/h4-5,7-8,12-13,16,19-20,24-25H,3,6,9-11,14-15H2,1-2H3,(H2,34,35)(H,36,39)/t16?,19?,20?,24?,25-/m1/s1. The van der Waals surface area contributed by atoms with Gasteiger partial charge in [0.05, 0.1) is 18.1 Å². The number of benzene rings is 2. The average Bonchev–Trinajstić information content (AvgIpc) is 3.66. The fraction of sp³-hybridized carbons (Fsp3) is 0.516. The van der Waals surface area contributed by atoms with Crippen molar-refractivity contribution in [1.82, 2.24) is 10.2 Å². The summed E-state index contributed by atoms with van der Waals surface area (Å²) in [7, 11) is 0. The first-order valence-electron chi connectivity index (χ1n) is 14.3. The number of rotatable bonds is 0. The van der Waals surface area contributed by atoms with Crippen molar-refractivity contribution < 1.29 is 23.1 Å². The van der Waals surface area contributed by atoms with E-state index in [1.807, 2.05) is 19.9 Å². The second kappa shape index (κ2) is 8.75. The molecule has 40 heavy (non-hydrogen) atoms. The SMILES string of the molecule is CC1(C)CC2NC(=O)c3ccc4c(c3)[C@@H](CCC4(F)F)N3C(=O)CC(CCC4CC4c4ccc(c2c4)O1)N=C3N. The van der Waals surface area contributed by atoms with E-state index in [2.05, 4.69) is 22.4 Å². The summed E-state index contributed by atoms with van der Waals surface area (Å²) in [4.78, 5) is 33.1. The van der Waals surface area contributed by atoms with Gasteiger partial charge >= 0.3 is 0 Å². The zero-order valence-corrected chi connectivity index (χ0v) is 22.8. The normalized spacial score (nSPS) is 31.6. The van der Waals surface area contributed by atoms with Gasteiger partial charge in [0.25, 0.3) is 11.8 Å².